The van der Waals surface area contributed by atoms with Crippen molar-refractivity contribution in [2.45, 2.75) is 44.2 Å². The van der Waals surface area contributed by atoms with Crippen LogP contribution < -0.4 is 4.80 Å². The fourth-order valence-electron chi connectivity index (χ4n) is 3.75. The predicted molar refractivity (Wildman–Crippen MR) is 122 cm³/mol. The van der Waals surface area contributed by atoms with Crippen molar-refractivity contribution >= 4 is 53.4 Å². The van der Waals surface area contributed by atoms with Crippen molar-refractivity contribution in [3.05, 3.63) is 57.3 Å². The van der Waals surface area contributed by atoms with E-state index in [9.17, 15) is 13.2 Å². The second-order valence-electron chi connectivity index (χ2n) is 7.25. The average Bonchev–Trinajstić information content (AvgIpc) is 3.34. The van der Waals surface area contributed by atoms with Gasteiger partial charge in [-0.2, -0.15) is 9.30 Å². The second-order valence-corrected chi connectivity index (χ2v) is 11.0. The first kappa shape index (κ1) is 21.4. The molecule has 1 saturated heterocycles. The molecule has 1 atom stereocenters. The summed E-state index contributed by atoms with van der Waals surface area (Å²) in [6.45, 7) is 4.89. The van der Waals surface area contributed by atoms with Crippen LogP contribution in [0.5, 0.6) is 0 Å². The molecule has 1 aromatic heterocycles. The lowest BCUT2D eigenvalue weighted by Crippen LogP contribution is -2.40. The molecule has 1 amide bonds. The maximum Gasteiger partial charge on any atom is 0.266 e. The number of benzene rings is 2. The van der Waals surface area contributed by atoms with Gasteiger partial charge in [0.1, 0.15) is 6.04 Å². The molecule has 1 fully saturated rings. The van der Waals surface area contributed by atoms with Gasteiger partial charge in [-0.25, -0.2) is 8.42 Å². The van der Waals surface area contributed by atoms with Gasteiger partial charge in [-0.3, -0.25) is 4.79 Å². The minimum Gasteiger partial charge on any atom is -0.316 e. The van der Waals surface area contributed by atoms with Gasteiger partial charge in [-0.05, 0) is 66.9 Å². The lowest BCUT2D eigenvalue weighted by atomic mass is 10.2. The lowest BCUT2D eigenvalue weighted by Gasteiger charge is -2.21. The Morgan fingerprint density at radius 1 is 1.23 bits per heavy atom. The molecule has 1 aliphatic rings. The largest absolute Gasteiger partial charge is 0.316 e. The van der Waals surface area contributed by atoms with E-state index in [4.69, 9.17) is 0 Å². The van der Waals surface area contributed by atoms with Gasteiger partial charge in [-0.15, -0.1) is 0 Å². The van der Waals surface area contributed by atoms with Gasteiger partial charge in [0.25, 0.3) is 5.91 Å². The van der Waals surface area contributed by atoms with Gasteiger partial charge in [0.2, 0.25) is 10.0 Å². The second kappa shape index (κ2) is 8.37. The molecule has 6 nitrogen and oxygen atoms in total. The number of rotatable bonds is 4. The summed E-state index contributed by atoms with van der Waals surface area (Å²) in [7, 11) is -3.75. The number of amides is 1. The van der Waals surface area contributed by atoms with E-state index in [0.29, 0.717) is 30.7 Å². The number of carbonyl (C=O) groups is 1. The van der Waals surface area contributed by atoms with E-state index in [2.05, 4.69) is 20.9 Å². The van der Waals surface area contributed by atoms with Crippen LogP contribution in [0, 0.1) is 6.92 Å². The van der Waals surface area contributed by atoms with Crippen LogP contribution in [0.25, 0.3) is 10.2 Å². The molecule has 30 heavy (non-hydrogen) atoms. The third-order valence-electron chi connectivity index (χ3n) is 5.29. The molecule has 2 heterocycles. The van der Waals surface area contributed by atoms with Gasteiger partial charge in [0.15, 0.2) is 4.80 Å². The molecule has 0 N–H and O–H groups in total. The van der Waals surface area contributed by atoms with Crippen molar-refractivity contribution in [1.82, 2.24) is 8.87 Å². The third kappa shape index (κ3) is 3.79. The summed E-state index contributed by atoms with van der Waals surface area (Å²) in [6, 6.07) is 11.8. The summed E-state index contributed by atoms with van der Waals surface area (Å²) < 4.78 is 31.5. The highest BCUT2D eigenvalue weighted by Gasteiger charge is 2.39. The molecule has 1 aliphatic heterocycles. The van der Waals surface area contributed by atoms with Crippen LogP contribution in [0.4, 0.5) is 0 Å². The Kier molecular flexibility index (Phi) is 5.98. The monoisotopic (exact) mass is 507 g/mol. The van der Waals surface area contributed by atoms with Gasteiger partial charge in [0, 0.05) is 17.6 Å². The summed E-state index contributed by atoms with van der Waals surface area (Å²) in [5, 5.41) is 0. The molecule has 0 aliphatic carbocycles. The van der Waals surface area contributed by atoms with Crippen LogP contribution in [0.3, 0.4) is 0 Å². The zero-order valence-corrected chi connectivity index (χ0v) is 19.9. The minimum absolute atomic E-state index is 0.210. The highest BCUT2D eigenvalue weighted by molar-refractivity contribution is 9.10. The summed E-state index contributed by atoms with van der Waals surface area (Å²) in [5.41, 5.74) is 1.98. The molecule has 0 bridgehead atoms. The first-order valence-corrected chi connectivity index (χ1v) is 12.8. The highest BCUT2D eigenvalue weighted by Crippen LogP contribution is 2.28. The summed E-state index contributed by atoms with van der Waals surface area (Å²) in [5.74, 6) is -0.409. The minimum atomic E-state index is -3.75. The summed E-state index contributed by atoms with van der Waals surface area (Å²) in [6.07, 6.45) is 1.12. The molecule has 4 rings (SSSR count). The zero-order chi connectivity index (χ0) is 21.5. The first-order valence-electron chi connectivity index (χ1n) is 9.78. The van der Waals surface area contributed by atoms with Crippen molar-refractivity contribution in [2.24, 2.45) is 4.99 Å². The SMILES string of the molecule is CCn1c(=NC(=O)C2CCCN2S(=O)(=O)c2ccc(C)cc2)sc2cccc(Br)c21. The van der Waals surface area contributed by atoms with Gasteiger partial charge in [-0.1, -0.05) is 35.1 Å². The van der Waals surface area contributed by atoms with Crippen LogP contribution in [0.2, 0.25) is 0 Å². The van der Waals surface area contributed by atoms with Crippen LogP contribution in [-0.2, 0) is 21.4 Å². The van der Waals surface area contributed by atoms with E-state index >= 15 is 0 Å². The van der Waals surface area contributed by atoms with Gasteiger partial charge in [0.05, 0.1) is 15.1 Å². The normalized spacial score (nSPS) is 18.4. The van der Waals surface area contributed by atoms with Crippen molar-refractivity contribution in [1.29, 1.82) is 0 Å². The fourth-order valence-corrected chi connectivity index (χ4v) is 7.24. The number of aryl methyl sites for hydroxylation is 2. The highest BCUT2D eigenvalue weighted by atomic mass is 79.9. The number of fused-ring (bicyclic) bond motifs is 1. The smallest absolute Gasteiger partial charge is 0.266 e. The van der Waals surface area contributed by atoms with E-state index in [1.54, 1.807) is 24.3 Å². The molecule has 0 spiro atoms. The van der Waals surface area contributed by atoms with Crippen LogP contribution in [-0.4, -0.2) is 35.8 Å². The molecule has 0 saturated carbocycles. The van der Waals surface area contributed by atoms with E-state index in [1.165, 1.54) is 15.6 Å². The Morgan fingerprint density at radius 2 is 1.97 bits per heavy atom. The average molecular weight is 508 g/mol. The summed E-state index contributed by atoms with van der Waals surface area (Å²) >= 11 is 5.01. The number of carbonyl (C=O) groups excluding carboxylic acids is 1. The molecule has 1 unspecified atom stereocenters. The van der Waals surface area contributed by atoms with Gasteiger partial charge >= 0.3 is 0 Å². The number of para-hydroxylation sites is 1. The van der Waals surface area contributed by atoms with Crippen molar-refractivity contribution in [3.8, 4) is 0 Å². The molecule has 0 radical (unpaired) electrons. The molecule has 158 valence electrons. The van der Waals surface area contributed by atoms with E-state index < -0.39 is 22.0 Å². The number of sulfonamides is 1. The Morgan fingerprint density at radius 3 is 2.67 bits per heavy atom. The van der Waals surface area contributed by atoms with Crippen molar-refractivity contribution < 1.29 is 13.2 Å². The Labute approximate surface area is 188 Å². The number of aromatic nitrogens is 1. The number of hydrogen-bond acceptors (Lipinski definition) is 4. The molecule has 3 aromatic rings. The van der Waals surface area contributed by atoms with Crippen LogP contribution >= 0.6 is 27.3 Å². The Hall–Kier alpha value is -1.81. The summed E-state index contributed by atoms with van der Waals surface area (Å²) in [4.78, 5) is 18.3. The van der Waals surface area contributed by atoms with Crippen molar-refractivity contribution in [2.75, 3.05) is 6.54 Å². The number of thiazole rings is 1. The number of hydrogen-bond donors (Lipinski definition) is 0. The fraction of sp³-hybridized carbons (Fsp3) is 0.333. The maximum atomic E-state index is 13.1. The predicted octanol–water partition coefficient (Wildman–Crippen LogP) is 4.07. The van der Waals surface area contributed by atoms with Crippen molar-refractivity contribution in [3.63, 3.8) is 0 Å². The number of nitrogens with zero attached hydrogens (tertiary/aromatic N) is 3. The number of halogens is 1. The molecule has 2 aromatic carbocycles. The third-order valence-corrected chi connectivity index (χ3v) is 8.90. The van der Waals surface area contributed by atoms with Gasteiger partial charge < -0.3 is 4.57 Å². The standard InChI is InChI=1S/C21H22BrN3O3S2/c1-3-24-19-16(22)6-4-8-18(19)29-21(24)23-20(26)17-7-5-13-25(17)30(27,28)15-11-9-14(2)10-12-15/h4,6,8-12,17H,3,5,7,13H2,1-2H3. The van der Waals surface area contributed by atoms with E-state index in [0.717, 1.165) is 20.3 Å². The molecule has 9 heteroatoms. The Balaban J connectivity index is 1.72. The zero-order valence-electron chi connectivity index (χ0n) is 16.7. The quantitative estimate of drug-likeness (QED) is 0.534. The molecular weight excluding hydrogens is 486 g/mol. The maximum absolute atomic E-state index is 13.1. The molecular formula is C21H22BrN3O3S2. The van der Waals surface area contributed by atoms with Crippen LogP contribution in [0.1, 0.15) is 25.3 Å². The van der Waals surface area contributed by atoms with E-state index in [1.807, 2.05) is 36.6 Å². The lowest BCUT2D eigenvalue weighted by molar-refractivity contribution is -0.121. The topological polar surface area (TPSA) is 71.7 Å². The van der Waals surface area contributed by atoms with E-state index in [-0.39, 0.29) is 4.90 Å². The Bertz CT molecular complexity index is 1280. The first-order chi connectivity index (χ1) is 14.3. The van der Waals surface area contributed by atoms with Crippen LogP contribution in [0.15, 0.2) is 56.8 Å².